The molecule has 0 aliphatic carbocycles. The van der Waals surface area contributed by atoms with Crippen molar-refractivity contribution >= 4 is 17.5 Å². The Morgan fingerprint density at radius 1 is 0.973 bits per heavy atom. The van der Waals surface area contributed by atoms with Gasteiger partial charge in [-0.3, -0.25) is 14.6 Å². The van der Waals surface area contributed by atoms with Gasteiger partial charge in [-0.25, -0.2) is 9.37 Å². The number of benzene rings is 1. The number of hydrogen-bond donors (Lipinski definition) is 2. The Bertz CT molecular complexity index is 1350. The third kappa shape index (κ3) is 6.53. The molecule has 0 atom stereocenters. The van der Waals surface area contributed by atoms with Crippen LogP contribution in [0.1, 0.15) is 26.5 Å². The number of ether oxygens (including phenoxy) is 3. The number of carbonyl (C=O) groups excluding carboxylic acids is 2. The van der Waals surface area contributed by atoms with Crippen LogP contribution in [-0.2, 0) is 6.18 Å². The lowest BCUT2D eigenvalue weighted by atomic mass is 10.1. The SMILES string of the molecule is COc1cc(OC(F)(F)F)ccc1Oc1cnc(C(F)(F)F)c(F)c1C(=O)Nc1ccnc(C(N)=O)c1. The van der Waals surface area contributed by atoms with Gasteiger partial charge in [0.05, 0.1) is 13.3 Å². The summed E-state index contributed by atoms with van der Waals surface area (Å²) in [6.45, 7) is 0. The van der Waals surface area contributed by atoms with E-state index < -0.39 is 64.4 Å². The second kappa shape index (κ2) is 10.2. The monoisotopic (exact) mass is 534 g/mol. The number of nitrogens with zero attached hydrogens (tertiary/aromatic N) is 2. The highest BCUT2D eigenvalue weighted by Crippen LogP contribution is 2.39. The van der Waals surface area contributed by atoms with E-state index in [4.69, 9.17) is 15.2 Å². The molecule has 9 nitrogen and oxygen atoms in total. The normalized spacial score (nSPS) is 11.6. The van der Waals surface area contributed by atoms with E-state index in [2.05, 4.69) is 20.0 Å². The predicted molar refractivity (Wildman–Crippen MR) is 110 cm³/mol. The molecule has 2 heterocycles. The Balaban J connectivity index is 2.05. The minimum atomic E-state index is -5.30. The molecule has 0 fully saturated rings. The summed E-state index contributed by atoms with van der Waals surface area (Å²) in [6.07, 6.45) is -8.91. The molecule has 16 heteroatoms. The van der Waals surface area contributed by atoms with Crippen molar-refractivity contribution in [3.05, 3.63) is 65.5 Å². The first-order chi connectivity index (χ1) is 17.2. The van der Waals surface area contributed by atoms with Gasteiger partial charge >= 0.3 is 12.5 Å². The number of alkyl halides is 6. The number of nitrogens with two attached hydrogens (primary N) is 1. The lowest BCUT2D eigenvalue weighted by Gasteiger charge is -2.17. The van der Waals surface area contributed by atoms with Crippen LogP contribution in [0.15, 0.2) is 42.7 Å². The molecule has 1 aromatic carbocycles. The highest BCUT2D eigenvalue weighted by atomic mass is 19.4. The third-order valence-corrected chi connectivity index (χ3v) is 4.34. The summed E-state index contributed by atoms with van der Waals surface area (Å²) >= 11 is 0. The van der Waals surface area contributed by atoms with Gasteiger partial charge in [-0.1, -0.05) is 0 Å². The van der Waals surface area contributed by atoms with Crippen molar-refractivity contribution < 1.29 is 54.5 Å². The van der Waals surface area contributed by atoms with E-state index in [1.165, 1.54) is 0 Å². The number of hydrogen-bond acceptors (Lipinski definition) is 7. The summed E-state index contributed by atoms with van der Waals surface area (Å²) in [5.41, 5.74) is 1.28. The van der Waals surface area contributed by atoms with Gasteiger partial charge in [-0.2, -0.15) is 13.2 Å². The first-order valence-corrected chi connectivity index (χ1v) is 9.64. The van der Waals surface area contributed by atoms with Crippen LogP contribution in [0.4, 0.5) is 36.4 Å². The fourth-order valence-electron chi connectivity index (χ4n) is 2.84. The van der Waals surface area contributed by atoms with Crippen molar-refractivity contribution in [2.45, 2.75) is 12.5 Å². The molecular formula is C21H13F7N4O5. The van der Waals surface area contributed by atoms with Gasteiger partial charge in [0.1, 0.15) is 17.0 Å². The van der Waals surface area contributed by atoms with Crippen LogP contribution in [0.5, 0.6) is 23.0 Å². The summed E-state index contributed by atoms with van der Waals surface area (Å²) in [5.74, 6) is -6.97. The van der Waals surface area contributed by atoms with E-state index in [0.29, 0.717) is 6.20 Å². The van der Waals surface area contributed by atoms with Gasteiger partial charge in [0.15, 0.2) is 28.8 Å². The first-order valence-electron chi connectivity index (χ1n) is 9.64. The average molecular weight is 534 g/mol. The van der Waals surface area contributed by atoms with Crippen LogP contribution in [0.3, 0.4) is 0 Å². The number of rotatable bonds is 7. The highest BCUT2D eigenvalue weighted by molar-refractivity contribution is 6.07. The minimum Gasteiger partial charge on any atom is -0.493 e. The first kappa shape index (κ1) is 27.0. The quantitative estimate of drug-likeness (QED) is 0.422. The van der Waals surface area contributed by atoms with Crippen LogP contribution >= 0.6 is 0 Å². The Hall–Kier alpha value is -4.63. The van der Waals surface area contributed by atoms with Gasteiger partial charge in [0.25, 0.3) is 11.8 Å². The van der Waals surface area contributed by atoms with Gasteiger partial charge < -0.3 is 25.3 Å². The lowest BCUT2D eigenvalue weighted by molar-refractivity contribution is -0.274. The van der Waals surface area contributed by atoms with Crippen molar-refractivity contribution in [1.82, 2.24) is 9.97 Å². The predicted octanol–water partition coefficient (Wildman–Crippen LogP) is 4.69. The summed E-state index contributed by atoms with van der Waals surface area (Å²) in [7, 11) is 1.03. The summed E-state index contributed by atoms with van der Waals surface area (Å²) < 4.78 is 106. The van der Waals surface area contributed by atoms with E-state index in [-0.39, 0.29) is 11.4 Å². The molecular weight excluding hydrogens is 521 g/mol. The number of aromatic nitrogens is 2. The minimum absolute atomic E-state index is 0.184. The number of amides is 2. The Morgan fingerprint density at radius 3 is 2.27 bits per heavy atom. The number of carbonyl (C=O) groups is 2. The molecule has 3 aromatic rings. The van der Waals surface area contributed by atoms with E-state index in [1.54, 1.807) is 0 Å². The summed E-state index contributed by atoms with van der Waals surface area (Å²) in [5, 5.41) is 2.08. The average Bonchev–Trinajstić information content (AvgIpc) is 2.78. The number of nitrogens with one attached hydrogen (secondary N) is 1. The Labute approximate surface area is 202 Å². The molecule has 37 heavy (non-hydrogen) atoms. The van der Waals surface area contributed by atoms with Crippen LogP contribution in [0.2, 0.25) is 0 Å². The Kier molecular flexibility index (Phi) is 7.40. The largest absolute Gasteiger partial charge is 0.573 e. The zero-order chi connectivity index (χ0) is 27.5. The van der Waals surface area contributed by atoms with E-state index in [1.807, 2.05) is 0 Å². The zero-order valence-corrected chi connectivity index (χ0v) is 18.2. The molecule has 0 spiro atoms. The standard InChI is InChI=1S/C21H13F7N4O5/c1-35-13-7-10(37-21(26,27)28)2-3-12(13)36-14-8-31-17(20(23,24)25)16(22)15(14)19(34)32-9-4-5-30-11(6-9)18(29)33/h2-8H,1H3,(H2,29,33)(H,30,32,34). The van der Waals surface area contributed by atoms with E-state index in [0.717, 1.165) is 43.6 Å². The van der Waals surface area contributed by atoms with Gasteiger partial charge in [-0.05, 0) is 24.3 Å². The number of pyridine rings is 2. The number of anilines is 1. The summed E-state index contributed by atoms with van der Waals surface area (Å²) in [4.78, 5) is 30.7. The van der Waals surface area contributed by atoms with Crippen molar-refractivity contribution in [3.63, 3.8) is 0 Å². The van der Waals surface area contributed by atoms with Gasteiger partial charge in [0.2, 0.25) is 0 Å². The van der Waals surface area contributed by atoms with E-state index >= 15 is 0 Å². The molecule has 0 saturated carbocycles. The van der Waals surface area contributed by atoms with Crippen LogP contribution in [-0.4, -0.2) is 35.3 Å². The molecule has 2 aromatic heterocycles. The lowest BCUT2D eigenvalue weighted by Crippen LogP contribution is -2.21. The zero-order valence-electron chi connectivity index (χ0n) is 18.2. The topological polar surface area (TPSA) is 126 Å². The van der Waals surface area contributed by atoms with Crippen molar-refractivity contribution in [2.75, 3.05) is 12.4 Å². The number of methoxy groups -OCH3 is 1. The summed E-state index contributed by atoms with van der Waals surface area (Å²) in [6, 6.07) is 4.50. The van der Waals surface area contributed by atoms with Crippen LogP contribution in [0.25, 0.3) is 0 Å². The second-order valence-corrected chi connectivity index (χ2v) is 6.87. The van der Waals surface area contributed by atoms with Crippen LogP contribution in [0, 0.1) is 5.82 Å². The molecule has 0 aliphatic heterocycles. The number of halogens is 7. The van der Waals surface area contributed by atoms with Crippen molar-refractivity contribution in [2.24, 2.45) is 5.73 Å². The number of primary amides is 1. The molecule has 0 bridgehead atoms. The second-order valence-electron chi connectivity index (χ2n) is 6.87. The maximum atomic E-state index is 14.9. The molecule has 3 N–H and O–H groups in total. The maximum absolute atomic E-state index is 14.9. The van der Waals surface area contributed by atoms with Gasteiger partial charge in [-0.15, -0.1) is 13.2 Å². The van der Waals surface area contributed by atoms with Gasteiger partial charge in [0, 0.05) is 18.0 Å². The molecule has 2 amide bonds. The smallest absolute Gasteiger partial charge is 0.493 e. The molecule has 0 radical (unpaired) electrons. The molecule has 196 valence electrons. The maximum Gasteiger partial charge on any atom is 0.573 e. The highest BCUT2D eigenvalue weighted by Gasteiger charge is 2.39. The van der Waals surface area contributed by atoms with E-state index in [9.17, 15) is 40.3 Å². The molecule has 0 aliphatic rings. The van der Waals surface area contributed by atoms with Crippen molar-refractivity contribution in [3.8, 4) is 23.0 Å². The van der Waals surface area contributed by atoms with Crippen LogP contribution < -0.4 is 25.3 Å². The molecule has 3 rings (SSSR count). The molecule has 0 saturated heterocycles. The van der Waals surface area contributed by atoms with Crippen molar-refractivity contribution in [1.29, 1.82) is 0 Å². The fourth-order valence-corrected chi connectivity index (χ4v) is 2.84. The molecule has 0 unspecified atom stereocenters. The fraction of sp³-hybridized carbons (Fsp3) is 0.143. The Morgan fingerprint density at radius 2 is 1.68 bits per heavy atom. The third-order valence-electron chi connectivity index (χ3n) is 4.34.